The number of carbonyl (C=O) groups is 1. The van der Waals surface area contributed by atoms with Crippen LogP contribution in [0, 0.1) is 5.92 Å². The van der Waals surface area contributed by atoms with Crippen LogP contribution in [-0.2, 0) is 4.74 Å². The number of amides is 1. The molecule has 0 atom stereocenters. The highest BCUT2D eigenvalue weighted by molar-refractivity contribution is 5.68. The lowest BCUT2D eigenvalue weighted by Gasteiger charge is -2.24. The Kier molecular flexibility index (Phi) is 2.07. The summed E-state index contributed by atoms with van der Waals surface area (Å²) in [5, 5.41) is 2.81. The molecule has 0 radical (unpaired) electrons. The van der Waals surface area contributed by atoms with Gasteiger partial charge in [-0.05, 0) is 32.6 Å². The van der Waals surface area contributed by atoms with Crippen LogP contribution in [0.1, 0.15) is 26.7 Å². The molecule has 0 bridgehead atoms. The summed E-state index contributed by atoms with van der Waals surface area (Å²) in [6, 6.07) is 0. The van der Waals surface area contributed by atoms with E-state index in [2.05, 4.69) is 10.1 Å². The number of methoxy groups -OCH3 is 1. The molecule has 0 aromatic rings. The van der Waals surface area contributed by atoms with Crippen molar-refractivity contribution in [3.8, 4) is 0 Å². The second-order valence-electron chi connectivity index (χ2n) is 3.61. The fourth-order valence-electron chi connectivity index (χ4n) is 1.22. The molecule has 0 saturated heterocycles. The van der Waals surface area contributed by atoms with E-state index in [1.54, 1.807) is 0 Å². The minimum absolute atomic E-state index is 0.0902. The van der Waals surface area contributed by atoms with Gasteiger partial charge in [-0.15, -0.1) is 0 Å². The van der Waals surface area contributed by atoms with E-state index in [0.29, 0.717) is 5.92 Å². The molecule has 11 heavy (non-hydrogen) atoms. The molecule has 1 rings (SSSR count). The molecule has 0 heterocycles. The van der Waals surface area contributed by atoms with E-state index in [1.165, 1.54) is 20.0 Å². The van der Waals surface area contributed by atoms with Crippen LogP contribution in [-0.4, -0.2) is 18.7 Å². The predicted octanol–water partition coefficient (Wildman–Crippen LogP) is 1.53. The van der Waals surface area contributed by atoms with Crippen molar-refractivity contribution in [2.24, 2.45) is 5.92 Å². The third kappa shape index (κ3) is 2.10. The third-order valence-electron chi connectivity index (χ3n) is 2.21. The van der Waals surface area contributed by atoms with Gasteiger partial charge in [0, 0.05) is 5.54 Å². The smallest absolute Gasteiger partial charge is 0.407 e. The number of nitrogens with one attached hydrogen (secondary N) is 1. The van der Waals surface area contributed by atoms with Gasteiger partial charge < -0.3 is 10.1 Å². The van der Waals surface area contributed by atoms with Crippen molar-refractivity contribution in [3.05, 3.63) is 0 Å². The molecule has 0 spiro atoms. The van der Waals surface area contributed by atoms with Crippen molar-refractivity contribution in [1.29, 1.82) is 0 Å². The minimum Gasteiger partial charge on any atom is -0.453 e. The molecule has 1 aliphatic rings. The number of hydrogen-bond acceptors (Lipinski definition) is 2. The maximum atomic E-state index is 10.8. The van der Waals surface area contributed by atoms with Gasteiger partial charge in [0.15, 0.2) is 0 Å². The Morgan fingerprint density at radius 2 is 2.09 bits per heavy atom. The van der Waals surface area contributed by atoms with Crippen molar-refractivity contribution in [2.45, 2.75) is 32.2 Å². The van der Waals surface area contributed by atoms with Gasteiger partial charge in [-0.3, -0.25) is 0 Å². The number of ether oxygens (including phenoxy) is 1. The molecule has 1 aliphatic carbocycles. The summed E-state index contributed by atoms with van der Waals surface area (Å²) >= 11 is 0. The molecule has 64 valence electrons. The quantitative estimate of drug-likeness (QED) is 0.660. The summed E-state index contributed by atoms with van der Waals surface area (Å²) in [5.41, 5.74) is -0.0902. The van der Waals surface area contributed by atoms with Gasteiger partial charge in [-0.2, -0.15) is 0 Å². The van der Waals surface area contributed by atoms with Crippen LogP contribution >= 0.6 is 0 Å². The number of hydrogen-bond donors (Lipinski definition) is 1. The summed E-state index contributed by atoms with van der Waals surface area (Å²) in [6.07, 6.45) is 2.11. The molecular weight excluding hydrogens is 142 g/mol. The molecule has 3 heteroatoms. The Labute approximate surface area is 67.1 Å². The molecule has 1 N–H and O–H groups in total. The van der Waals surface area contributed by atoms with Crippen molar-refractivity contribution in [2.75, 3.05) is 7.11 Å². The van der Waals surface area contributed by atoms with E-state index >= 15 is 0 Å². The molecule has 0 aromatic carbocycles. The summed E-state index contributed by atoms with van der Waals surface area (Å²) in [7, 11) is 1.39. The zero-order valence-electron chi connectivity index (χ0n) is 7.31. The van der Waals surface area contributed by atoms with Crippen molar-refractivity contribution < 1.29 is 9.53 Å². The van der Waals surface area contributed by atoms with E-state index in [1.807, 2.05) is 13.8 Å². The Balaban J connectivity index is 2.38. The first-order valence-electron chi connectivity index (χ1n) is 3.92. The van der Waals surface area contributed by atoms with E-state index in [0.717, 1.165) is 0 Å². The second kappa shape index (κ2) is 2.72. The van der Waals surface area contributed by atoms with Gasteiger partial charge in [0.1, 0.15) is 0 Å². The molecule has 0 aromatic heterocycles. The number of carbonyl (C=O) groups excluding carboxylic acids is 1. The zero-order valence-corrected chi connectivity index (χ0v) is 7.31. The van der Waals surface area contributed by atoms with E-state index in [4.69, 9.17) is 0 Å². The number of alkyl carbamates (subject to hydrolysis) is 1. The lowest BCUT2D eigenvalue weighted by Crippen LogP contribution is -2.45. The van der Waals surface area contributed by atoms with Crippen LogP contribution < -0.4 is 5.32 Å². The monoisotopic (exact) mass is 157 g/mol. The van der Waals surface area contributed by atoms with Crippen LogP contribution in [0.3, 0.4) is 0 Å². The van der Waals surface area contributed by atoms with Crippen LogP contribution in [0.4, 0.5) is 4.79 Å². The average Bonchev–Trinajstić information content (AvgIpc) is 2.66. The summed E-state index contributed by atoms with van der Waals surface area (Å²) in [5.74, 6) is 0.640. The summed E-state index contributed by atoms with van der Waals surface area (Å²) in [4.78, 5) is 10.8. The van der Waals surface area contributed by atoms with Crippen molar-refractivity contribution in [1.82, 2.24) is 5.32 Å². The van der Waals surface area contributed by atoms with Crippen LogP contribution in [0.15, 0.2) is 0 Å². The molecule has 1 fully saturated rings. The Morgan fingerprint density at radius 3 is 2.45 bits per heavy atom. The van der Waals surface area contributed by atoms with Crippen molar-refractivity contribution >= 4 is 6.09 Å². The standard InChI is InChI=1S/C8H15NO2/c1-8(2,6-4-5-6)9-7(10)11-3/h6H,4-5H2,1-3H3,(H,9,10). The molecule has 1 amide bonds. The number of rotatable bonds is 2. The van der Waals surface area contributed by atoms with E-state index < -0.39 is 0 Å². The predicted molar refractivity (Wildman–Crippen MR) is 42.3 cm³/mol. The van der Waals surface area contributed by atoms with Gasteiger partial charge in [0.25, 0.3) is 0 Å². The molecule has 0 unspecified atom stereocenters. The SMILES string of the molecule is COC(=O)NC(C)(C)C1CC1. The molecule has 0 aliphatic heterocycles. The van der Waals surface area contributed by atoms with Crippen LogP contribution in [0.5, 0.6) is 0 Å². The van der Waals surface area contributed by atoms with Crippen LogP contribution in [0.25, 0.3) is 0 Å². The van der Waals surface area contributed by atoms with E-state index in [-0.39, 0.29) is 11.6 Å². The van der Waals surface area contributed by atoms with Gasteiger partial charge in [0.05, 0.1) is 7.11 Å². The highest BCUT2D eigenvalue weighted by Gasteiger charge is 2.38. The van der Waals surface area contributed by atoms with Crippen molar-refractivity contribution in [3.63, 3.8) is 0 Å². The average molecular weight is 157 g/mol. The second-order valence-corrected chi connectivity index (χ2v) is 3.61. The highest BCUT2D eigenvalue weighted by atomic mass is 16.5. The zero-order chi connectivity index (χ0) is 8.48. The topological polar surface area (TPSA) is 38.3 Å². The fourth-order valence-corrected chi connectivity index (χ4v) is 1.22. The first kappa shape index (κ1) is 8.37. The third-order valence-corrected chi connectivity index (χ3v) is 2.21. The van der Waals surface area contributed by atoms with Gasteiger partial charge in [-0.1, -0.05) is 0 Å². The van der Waals surface area contributed by atoms with Gasteiger partial charge in [0.2, 0.25) is 0 Å². The first-order chi connectivity index (χ1) is 5.06. The van der Waals surface area contributed by atoms with E-state index in [9.17, 15) is 4.79 Å². The Bertz CT molecular complexity index is 161. The van der Waals surface area contributed by atoms with Crippen LogP contribution in [0.2, 0.25) is 0 Å². The highest BCUT2D eigenvalue weighted by Crippen LogP contribution is 2.39. The lowest BCUT2D eigenvalue weighted by molar-refractivity contribution is 0.156. The Hall–Kier alpha value is -0.730. The lowest BCUT2D eigenvalue weighted by atomic mass is 9.99. The first-order valence-corrected chi connectivity index (χ1v) is 3.92. The maximum absolute atomic E-state index is 10.8. The normalized spacial score (nSPS) is 17.7. The molecular formula is C8H15NO2. The maximum Gasteiger partial charge on any atom is 0.407 e. The largest absolute Gasteiger partial charge is 0.453 e. The van der Waals surface area contributed by atoms with Gasteiger partial charge >= 0.3 is 6.09 Å². The summed E-state index contributed by atoms with van der Waals surface area (Å²) < 4.78 is 4.51. The molecule has 3 nitrogen and oxygen atoms in total. The molecule has 1 saturated carbocycles. The fraction of sp³-hybridized carbons (Fsp3) is 0.875. The van der Waals surface area contributed by atoms with Gasteiger partial charge in [-0.25, -0.2) is 4.79 Å². The Morgan fingerprint density at radius 1 is 1.55 bits per heavy atom. The minimum atomic E-state index is -0.332. The summed E-state index contributed by atoms with van der Waals surface area (Å²) in [6.45, 7) is 4.06.